The first-order chi connectivity index (χ1) is 5.18. The Morgan fingerprint density at radius 3 is 1.55 bits per heavy atom. The minimum Gasteiger partial charge on any atom is -0.481 e. The molecule has 11 heavy (non-hydrogen) atoms. The maximum Gasteiger partial charge on any atom is 0.300 e. The van der Waals surface area contributed by atoms with Crippen LogP contribution in [0.2, 0.25) is 0 Å². The van der Waals surface area contributed by atoms with Gasteiger partial charge in [-0.3, -0.25) is 4.79 Å². The van der Waals surface area contributed by atoms with E-state index in [1.807, 2.05) is 0 Å². The van der Waals surface area contributed by atoms with Crippen molar-refractivity contribution in [3.8, 4) is 0 Å². The van der Waals surface area contributed by atoms with Crippen molar-refractivity contribution in [1.29, 1.82) is 0 Å². The first kappa shape index (κ1) is 8.57. The number of carbonyl (C=O) groups is 1. The van der Waals surface area contributed by atoms with E-state index >= 15 is 0 Å². The normalized spacial score (nSPS) is 32.8. The molecule has 0 aromatic heterocycles. The zero-order valence-corrected chi connectivity index (χ0v) is 7.05. The quantitative estimate of drug-likeness (QED) is 0.584. The third kappa shape index (κ3) is 2.91. The Bertz CT molecular complexity index is 120. The van der Waals surface area contributed by atoms with E-state index < -0.39 is 5.97 Å². The SMILES string of the molecule is C1CC2CCC1C2.CC(=O)O. The van der Waals surface area contributed by atoms with Crippen molar-refractivity contribution in [3.05, 3.63) is 0 Å². The van der Waals surface area contributed by atoms with Gasteiger partial charge in [-0.25, -0.2) is 0 Å². The molecule has 1 N–H and O–H groups in total. The summed E-state index contributed by atoms with van der Waals surface area (Å²) in [4.78, 5) is 9.00. The molecule has 0 aromatic rings. The van der Waals surface area contributed by atoms with Crippen LogP contribution in [-0.4, -0.2) is 11.1 Å². The monoisotopic (exact) mass is 156 g/mol. The third-order valence-electron chi connectivity index (χ3n) is 2.63. The van der Waals surface area contributed by atoms with E-state index in [0.29, 0.717) is 0 Å². The summed E-state index contributed by atoms with van der Waals surface area (Å²) < 4.78 is 0. The van der Waals surface area contributed by atoms with Crippen LogP contribution in [0.1, 0.15) is 39.0 Å². The van der Waals surface area contributed by atoms with Crippen LogP contribution >= 0.6 is 0 Å². The number of fused-ring (bicyclic) bond motifs is 2. The number of rotatable bonds is 0. The van der Waals surface area contributed by atoms with Gasteiger partial charge in [0.1, 0.15) is 0 Å². The van der Waals surface area contributed by atoms with Gasteiger partial charge >= 0.3 is 0 Å². The molecule has 0 atom stereocenters. The highest BCUT2D eigenvalue weighted by Gasteiger charge is 2.30. The molecule has 0 spiro atoms. The predicted molar refractivity (Wildman–Crippen MR) is 43.4 cm³/mol. The largest absolute Gasteiger partial charge is 0.481 e. The molecule has 2 aliphatic rings. The van der Waals surface area contributed by atoms with Crippen LogP contribution in [0.3, 0.4) is 0 Å². The first-order valence-electron chi connectivity index (χ1n) is 4.38. The van der Waals surface area contributed by atoms with Crippen molar-refractivity contribution >= 4 is 5.97 Å². The predicted octanol–water partition coefficient (Wildman–Crippen LogP) is 2.29. The van der Waals surface area contributed by atoms with E-state index in [9.17, 15) is 0 Å². The smallest absolute Gasteiger partial charge is 0.300 e. The molecule has 0 unspecified atom stereocenters. The minimum atomic E-state index is -0.833. The molecule has 2 nitrogen and oxygen atoms in total. The molecule has 2 aliphatic carbocycles. The van der Waals surface area contributed by atoms with Crippen molar-refractivity contribution < 1.29 is 9.90 Å². The molecule has 2 fully saturated rings. The summed E-state index contributed by atoms with van der Waals surface area (Å²) in [5.41, 5.74) is 0. The maximum absolute atomic E-state index is 9.00. The second-order valence-corrected chi connectivity index (χ2v) is 3.64. The van der Waals surface area contributed by atoms with E-state index in [0.717, 1.165) is 6.92 Å². The summed E-state index contributed by atoms with van der Waals surface area (Å²) in [5, 5.41) is 7.42. The van der Waals surface area contributed by atoms with Gasteiger partial charge in [0.15, 0.2) is 0 Å². The van der Waals surface area contributed by atoms with Gasteiger partial charge in [-0.2, -0.15) is 0 Å². The Kier molecular flexibility index (Phi) is 2.92. The van der Waals surface area contributed by atoms with Crippen LogP contribution < -0.4 is 0 Å². The Labute approximate surface area is 67.6 Å². The van der Waals surface area contributed by atoms with Crippen molar-refractivity contribution in [2.75, 3.05) is 0 Å². The lowest BCUT2D eigenvalue weighted by molar-refractivity contribution is -0.134. The second-order valence-electron chi connectivity index (χ2n) is 3.64. The zero-order valence-electron chi connectivity index (χ0n) is 7.05. The summed E-state index contributed by atoms with van der Waals surface area (Å²) in [6.45, 7) is 1.08. The van der Waals surface area contributed by atoms with Crippen molar-refractivity contribution in [2.45, 2.75) is 39.0 Å². The molecule has 0 aromatic carbocycles. The number of carboxylic acid groups (broad SMARTS) is 1. The van der Waals surface area contributed by atoms with Crippen LogP contribution in [0, 0.1) is 11.8 Å². The molecule has 0 heterocycles. The van der Waals surface area contributed by atoms with Crippen LogP contribution in [0.15, 0.2) is 0 Å². The van der Waals surface area contributed by atoms with E-state index in [-0.39, 0.29) is 0 Å². The fourth-order valence-corrected chi connectivity index (χ4v) is 2.17. The van der Waals surface area contributed by atoms with E-state index in [2.05, 4.69) is 0 Å². The van der Waals surface area contributed by atoms with Crippen molar-refractivity contribution in [2.24, 2.45) is 11.8 Å². The molecule has 2 bridgehead atoms. The van der Waals surface area contributed by atoms with Crippen molar-refractivity contribution in [1.82, 2.24) is 0 Å². The summed E-state index contributed by atoms with van der Waals surface area (Å²) in [6.07, 6.45) is 7.82. The standard InChI is InChI=1S/C7H12.C2H4O2/c1-2-7-4-3-6(1)5-7;1-2(3)4/h6-7H,1-5H2;1H3,(H,3,4). The van der Waals surface area contributed by atoms with E-state index in [1.54, 1.807) is 32.1 Å². The highest BCUT2D eigenvalue weighted by atomic mass is 16.4. The summed E-state index contributed by atoms with van der Waals surface area (Å²) in [7, 11) is 0. The molecule has 2 heteroatoms. The third-order valence-corrected chi connectivity index (χ3v) is 2.63. The fraction of sp³-hybridized carbons (Fsp3) is 0.889. The van der Waals surface area contributed by atoms with Gasteiger partial charge in [0.05, 0.1) is 0 Å². The van der Waals surface area contributed by atoms with Gasteiger partial charge < -0.3 is 5.11 Å². The number of carboxylic acids is 1. The molecule has 0 saturated heterocycles. The van der Waals surface area contributed by atoms with Gasteiger partial charge in [0.2, 0.25) is 0 Å². The van der Waals surface area contributed by atoms with Crippen LogP contribution in [-0.2, 0) is 4.79 Å². The minimum absolute atomic E-state index is 0.833. The average Bonchev–Trinajstić information content (AvgIpc) is 2.45. The highest BCUT2D eigenvalue weighted by molar-refractivity contribution is 5.62. The molecule has 0 aliphatic heterocycles. The lowest BCUT2D eigenvalue weighted by Crippen LogP contribution is -1.90. The summed E-state index contributed by atoms with van der Waals surface area (Å²) >= 11 is 0. The average molecular weight is 156 g/mol. The Morgan fingerprint density at radius 2 is 1.45 bits per heavy atom. The fourth-order valence-electron chi connectivity index (χ4n) is 2.17. The lowest BCUT2D eigenvalue weighted by Gasteiger charge is -2.05. The van der Waals surface area contributed by atoms with Crippen LogP contribution in [0.25, 0.3) is 0 Å². The molecular weight excluding hydrogens is 140 g/mol. The number of aliphatic carboxylic acids is 1. The number of hydrogen-bond acceptors (Lipinski definition) is 1. The Hall–Kier alpha value is -0.530. The van der Waals surface area contributed by atoms with E-state index in [1.165, 1.54) is 11.8 Å². The second kappa shape index (κ2) is 3.74. The Balaban J connectivity index is 0.000000134. The first-order valence-corrected chi connectivity index (χ1v) is 4.38. The maximum atomic E-state index is 9.00. The molecular formula is C9H16O2. The summed E-state index contributed by atoms with van der Waals surface area (Å²) in [6, 6.07) is 0. The summed E-state index contributed by atoms with van der Waals surface area (Å²) in [5.74, 6) is 1.51. The van der Waals surface area contributed by atoms with Crippen molar-refractivity contribution in [3.63, 3.8) is 0 Å². The zero-order chi connectivity index (χ0) is 8.27. The van der Waals surface area contributed by atoms with Gasteiger partial charge in [-0.15, -0.1) is 0 Å². The van der Waals surface area contributed by atoms with Gasteiger partial charge in [0.25, 0.3) is 5.97 Å². The Morgan fingerprint density at radius 1 is 1.18 bits per heavy atom. The highest BCUT2D eigenvalue weighted by Crippen LogP contribution is 2.43. The molecule has 0 radical (unpaired) electrons. The van der Waals surface area contributed by atoms with Gasteiger partial charge in [-0.05, 0) is 18.3 Å². The molecule has 64 valence electrons. The molecule has 0 amide bonds. The lowest BCUT2D eigenvalue weighted by atomic mass is 10.0. The van der Waals surface area contributed by atoms with Gasteiger partial charge in [0, 0.05) is 6.92 Å². The van der Waals surface area contributed by atoms with Crippen LogP contribution in [0.4, 0.5) is 0 Å². The molecule has 2 saturated carbocycles. The topological polar surface area (TPSA) is 37.3 Å². The van der Waals surface area contributed by atoms with Gasteiger partial charge in [-0.1, -0.05) is 25.7 Å². The van der Waals surface area contributed by atoms with E-state index in [4.69, 9.17) is 9.90 Å². The molecule has 2 rings (SSSR count). The van der Waals surface area contributed by atoms with Crippen LogP contribution in [0.5, 0.6) is 0 Å². The number of hydrogen-bond donors (Lipinski definition) is 1.